The first-order chi connectivity index (χ1) is 12.2. The number of carbonyl (C=O) groups is 1. The van der Waals surface area contributed by atoms with Crippen LogP contribution in [-0.4, -0.2) is 57.9 Å². The maximum atomic E-state index is 12.8. The molecule has 0 spiro atoms. The Balaban J connectivity index is 1.36. The second-order valence-electron chi connectivity index (χ2n) is 6.04. The Morgan fingerprint density at radius 2 is 2.20 bits per heavy atom. The maximum Gasteiger partial charge on any atom is 0.234 e. The van der Waals surface area contributed by atoms with Gasteiger partial charge < -0.3 is 10.1 Å². The fraction of sp³-hybridized carbons (Fsp3) is 0.471. The van der Waals surface area contributed by atoms with Crippen molar-refractivity contribution in [3.8, 4) is 5.75 Å². The molecule has 0 radical (unpaired) electrons. The minimum atomic E-state index is -0.299. The molecule has 0 unspecified atom stereocenters. The van der Waals surface area contributed by atoms with Gasteiger partial charge >= 0.3 is 0 Å². The molecule has 8 heteroatoms. The molecule has 3 rings (SSSR count). The SMILES string of the molecule is O=C(CN1CCC[C@H]1Cn1cncn1)NCCOc1ccc(F)cc1. The van der Waals surface area contributed by atoms with Crippen LogP contribution in [0.15, 0.2) is 36.9 Å². The lowest BCUT2D eigenvalue weighted by atomic mass is 10.2. The molecule has 7 nitrogen and oxygen atoms in total. The van der Waals surface area contributed by atoms with Gasteiger partial charge in [0.2, 0.25) is 5.91 Å². The zero-order valence-electron chi connectivity index (χ0n) is 14.0. The number of nitrogens with one attached hydrogen (secondary N) is 1. The third-order valence-corrected chi connectivity index (χ3v) is 4.22. The van der Waals surface area contributed by atoms with Gasteiger partial charge in [-0.2, -0.15) is 5.10 Å². The Morgan fingerprint density at radius 3 is 2.96 bits per heavy atom. The number of nitrogens with zero attached hydrogens (tertiary/aromatic N) is 4. The number of ether oxygens (including phenoxy) is 1. The largest absolute Gasteiger partial charge is 0.492 e. The third-order valence-electron chi connectivity index (χ3n) is 4.22. The van der Waals surface area contributed by atoms with Crippen LogP contribution in [0.4, 0.5) is 4.39 Å². The molecule has 1 aliphatic heterocycles. The van der Waals surface area contributed by atoms with E-state index in [9.17, 15) is 9.18 Å². The molecule has 1 aliphatic rings. The molecule has 0 saturated carbocycles. The highest BCUT2D eigenvalue weighted by Gasteiger charge is 2.26. The predicted octanol–water partition coefficient (Wildman–Crippen LogP) is 1.08. The van der Waals surface area contributed by atoms with E-state index in [1.54, 1.807) is 23.1 Å². The first-order valence-electron chi connectivity index (χ1n) is 8.42. The summed E-state index contributed by atoms with van der Waals surface area (Å²) in [5, 5.41) is 6.98. The third kappa shape index (κ3) is 5.25. The first kappa shape index (κ1) is 17.3. The highest BCUT2D eigenvalue weighted by atomic mass is 19.1. The number of carbonyl (C=O) groups excluding carboxylic acids is 1. The predicted molar refractivity (Wildman–Crippen MR) is 89.5 cm³/mol. The summed E-state index contributed by atoms with van der Waals surface area (Å²) in [5.41, 5.74) is 0. The van der Waals surface area contributed by atoms with Crippen molar-refractivity contribution >= 4 is 5.91 Å². The van der Waals surface area contributed by atoms with Crippen molar-refractivity contribution in [1.29, 1.82) is 0 Å². The number of rotatable bonds is 8. The second kappa shape index (κ2) is 8.57. The first-order valence-corrected chi connectivity index (χ1v) is 8.42. The van der Waals surface area contributed by atoms with Crippen LogP contribution in [0.5, 0.6) is 5.75 Å². The van der Waals surface area contributed by atoms with Gasteiger partial charge in [0.15, 0.2) is 0 Å². The molecule has 25 heavy (non-hydrogen) atoms. The Kier molecular flexibility index (Phi) is 5.95. The zero-order valence-corrected chi connectivity index (χ0v) is 14.0. The van der Waals surface area contributed by atoms with E-state index >= 15 is 0 Å². The number of aromatic nitrogens is 3. The summed E-state index contributed by atoms with van der Waals surface area (Å²) >= 11 is 0. The highest BCUT2D eigenvalue weighted by Crippen LogP contribution is 2.18. The summed E-state index contributed by atoms with van der Waals surface area (Å²) < 4.78 is 20.1. The van der Waals surface area contributed by atoms with Crippen LogP contribution >= 0.6 is 0 Å². The van der Waals surface area contributed by atoms with Gasteiger partial charge in [-0.3, -0.25) is 14.4 Å². The fourth-order valence-electron chi connectivity index (χ4n) is 2.98. The number of likely N-dealkylation sites (tertiary alicyclic amines) is 1. The number of hydrogen-bond acceptors (Lipinski definition) is 5. The van der Waals surface area contributed by atoms with Crippen molar-refractivity contribution in [1.82, 2.24) is 25.0 Å². The van der Waals surface area contributed by atoms with Crippen LogP contribution in [-0.2, 0) is 11.3 Å². The molecule has 1 aromatic heterocycles. The van der Waals surface area contributed by atoms with E-state index in [4.69, 9.17) is 4.74 Å². The summed E-state index contributed by atoms with van der Waals surface area (Å²) in [6.45, 7) is 2.80. The molecule has 1 fully saturated rings. The molecule has 134 valence electrons. The molecule has 1 atom stereocenters. The molecule has 1 saturated heterocycles. The Bertz CT molecular complexity index is 662. The van der Waals surface area contributed by atoms with E-state index in [-0.39, 0.29) is 11.7 Å². The molecule has 2 aromatic rings. The number of amides is 1. The molecule has 1 N–H and O–H groups in total. The summed E-state index contributed by atoms with van der Waals surface area (Å²) in [4.78, 5) is 18.2. The van der Waals surface area contributed by atoms with Crippen LogP contribution < -0.4 is 10.1 Å². The van der Waals surface area contributed by atoms with Gasteiger partial charge in [-0.25, -0.2) is 9.37 Å². The van der Waals surface area contributed by atoms with E-state index in [0.717, 1.165) is 25.9 Å². The van der Waals surface area contributed by atoms with Gasteiger partial charge in [0.25, 0.3) is 0 Å². The van der Waals surface area contributed by atoms with Crippen molar-refractivity contribution in [3.63, 3.8) is 0 Å². The lowest BCUT2D eigenvalue weighted by Crippen LogP contribution is -2.42. The summed E-state index contributed by atoms with van der Waals surface area (Å²) in [7, 11) is 0. The maximum absolute atomic E-state index is 12.8. The Morgan fingerprint density at radius 1 is 1.36 bits per heavy atom. The normalized spacial score (nSPS) is 17.6. The molecule has 2 heterocycles. The Labute approximate surface area is 145 Å². The van der Waals surface area contributed by atoms with Crippen LogP contribution in [0.2, 0.25) is 0 Å². The van der Waals surface area contributed by atoms with Crippen molar-refractivity contribution in [3.05, 3.63) is 42.7 Å². The average molecular weight is 347 g/mol. The van der Waals surface area contributed by atoms with E-state index in [0.29, 0.717) is 31.5 Å². The highest BCUT2D eigenvalue weighted by molar-refractivity contribution is 5.78. The molecule has 1 aromatic carbocycles. The standard InChI is InChI=1S/C17H22FN5O2/c18-14-3-5-16(6-4-14)25-9-7-20-17(24)11-22-8-1-2-15(22)10-23-13-19-12-21-23/h3-6,12-13,15H,1-2,7-11H2,(H,20,24)/t15-/m0/s1. The van der Waals surface area contributed by atoms with Crippen molar-refractivity contribution in [2.45, 2.75) is 25.4 Å². The van der Waals surface area contributed by atoms with E-state index < -0.39 is 0 Å². The van der Waals surface area contributed by atoms with Gasteiger partial charge in [0, 0.05) is 6.04 Å². The Hall–Kier alpha value is -2.48. The van der Waals surface area contributed by atoms with Crippen LogP contribution in [0.3, 0.4) is 0 Å². The van der Waals surface area contributed by atoms with Gasteiger partial charge in [-0.1, -0.05) is 0 Å². The topological polar surface area (TPSA) is 72.3 Å². The molecule has 1 amide bonds. The van der Waals surface area contributed by atoms with Gasteiger partial charge in [-0.15, -0.1) is 0 Å². The average Bonchev–Trinajstić information content (AvgIpc) is 3.26. The molecule has 0 bridgehead atoms. The lowest BCUT2D eigenvalue weighted by molar-refractivity contribution is -0.122. The number of benzene rings is 1. The van der Waals surface area contributed by atoms with E-state index in [2.05, 4.69) is 20.3 Å². The number of hydrogen-bond donors (Lipinski definition) is 1. The second-order valence-corrected chi connectivity index (χ2v) is 6.04. The molecule has 0 aliphatic carbocycles. The summed E-state index contributed by atoms with van der Waals surface area (Å²) in [5.74, 6) is 0.267. The van der Waals surface area contributed by atoms with Gasteiger partial charge in [0.1, 0.15) is 30.8 Å². The van der Waals surface area contributed by atoms with Crippen molar-refractivity contribution in [2.24, 2.45) is 0 Å². The summed E-state index contributed by atoms with van der Waals surface area (Å²) in [6.07, 6.45) is 5.36. The molecular formula is C17H22FN5O2. The lowest BCUT2D eigenvalue weighted by Gasteiger charge is -2.23. The van der Waals surface area contributed by atoms with Gasteiger partial charge in [-0.05, 0) is 43.7 Å². The monoisotopic (exact) mass is 347 g/mol. The molecular weight excluding hydrogens is 325 g/mol. The minimum Gasteiger partial charge on any atom is -0.492 e. The fourth-order valence-corrected chi connectivity index (χ4v) is 2.98. The zero-order chi connectivity index (χ0) is 17.5. The van der Waals surface area contributed by atoms with Crippen LogP contribution in [0.1, 0.15) is 12.8 Å². The van der Waals surface area contributed by atoms with Crippen molar-refractivity contribution in [2.75, 3.05) is 26.2 Å². The smallest absolute Gasteiger partial charge is 0.234 e. The van der Waals surface area contributed by atoms with E-state index in [1.165, 1.54) is 18.5 Å². The van der Waals surface area contributed by atoms with Crippen molar-refractivity contribution < 1.29 is 13.9 Å². The summed E-state index contributed by atoms with van der Waals surface area (Å²) in [6, 6.07) is 6.13. The number of halogens is 1. The van der Waals surface area contributed by atoms with Crippen LogP contribution in [0, 0.1) is 5.82 Å². The van der Waals surface area contributed by atoms with Gasteiger partial charge in [0.05, 0.1) is 19.6 Å². The minimum absolute atomic E-state index is 0.0202. The van der Waals surface area contributed by atoms with E-state index in [1.807, 2.05) is 0 Å². The quantitative estimate of drug-likeness (QED) is 0.724. The van der Waals surface area contributed by atoms with Crippen LogP contribution in [0.25, 0.3) is 0 Å².